The van der Waals surface area contributed by atoms with Crippen LogP contribution in [0.1, 0.15) is 11.1 Å². The van der Waals surface area contributed by atoms with Gasteiger partial charge >= 0.3 is 0 Å². The summed E-state index contributed by atoms with van der Waals surface area (Å²) in [5.74, 6) is 0.356. The van der Waals surface area contributed by atoms with E-state index in [2.05, 4.69) is 9.93 Å². The molecule has 8 heteroatoms. The molecule has 1 N–H and O–H groups in total. The molecule has 0 heterocycles. The summed E-state index contributed by atoms with van der Waals surface area (Å²) in [7, 11) is -3.74. The highest BCUT2D eigenvalue weighted by atomic mass is 35.5. The first-order chi connectivity index (χ1) is 13.5. The van der Waals surface area contributed by atoms with Crippen LogP contribution in [0.2, 0.25) is 10.0 Å². The number of hydrogen-bond donors (Lipinski definition) is 1. The molecular weight excluding hydrogens is 419 g/mol. The minimum absolute atomic E-state index is 0.118. The van der Waals surface area contributed by atoms with Crippen LogP contribution in [0.4, 0.5) is 0 Å². The van der Waals surface area contributed by atoms with Gasteiger partial charge in [0, 0.05) is 0 Å². The molecule has 0 radical (unpaired) electrons. The van der Waals surface area contributed by atoms with Crippen LogP contribution in [-0.4, -0.2) is 14.6 Å². The van der Waals surface area contributed by atoms with Gasteiger partial charge in [-0.1, -0.05) is 71.7 Å². The SMILES string of the molecule is O=S(=O)(N/N=C\c1cc(Cl)c(OCc2ccccc2)c(Cl)c1)c1ccccc1. The fourth-order valence-corrected chi connectivity index (χ4v) is 3.77. The zero-order valence-electron chi connectivity index (χ0n) is 14.5. The molecule has 0 atom stereocenters. The third-order valence-electron chi connectivity index (χ3n) is 3.69. The number of ether oxygens (including phenoxy) is 1. The van der Waals surface area contributed by atoms with Crippen molar-refractivity contribution in [2.75, 3.05) is 0 Å². The second-order valence-electron chi connectivity index (χ2n) is 5.75. The van der Waals surface area contributed by atoms with Gasteiger partial charge in [-0.2, -0.15) is 13.5 Å². The van der Waals surface area contributed by atoms with Gasteiger partial charge in [-0.3, -0.25) is 0 Å². The van der Waals surface area contributed by atoms with E-state index in [0.717, 1.165) is 5.56 Å². The zero-order chi connectivity index (χ0) is 20.0. The molecule has 0 unspecified atom stereocenters. The zero-order valence-corrected chi connectivity index (χ0v) is 16.9. The highest BCUT2D eigenvalue weighted by molar-refractivity contribution is 7.89. The van der Waals surface area contributed by atoms with Gasteiger partial charge in [0.1, 0.15) is 6.61 Å². The Bertz CT molecular complexity index is 1050. The Morgan fingerprint density at radius 2 is 1.50 bits per heavy atom. The van der Waals surface area contributed by atoms with E-state index in [-0.39, 0.29) is 4.90 Å². The second-order valence-corrected chi connectivity index (χ2v) is 8.23. The summed E-state index contributed by atoms with van der Waals surface area (Å²) in [5.41, 5.74) is 1.51. The Labute approximate surface area is 173 Å². The van der Waals surface area contributed by atoms with E-state index in [1.54, 1.807) is 30.3 Å². The first-order valence-electron chi connectivity index (χ1n) is 8.21. The summed E-state index contributed by atoms with van der Waals surface area (Å²) < 4.78 is 30.0. The Kier molecular flexibility index (Phi) is 6.57. The smallest absolute Gasteiger partial charge is 0.276 e. The van der Waals surface area contributed by atoms with Crippen LogP contribution >= 0.6 is 23.2 Å². The van der Waals surface area contributed by atoms with Gasteiger partial charge in [0.25, 0.3) is 10.0 Å². The molecule has 144 valence electrons. The standard InChI is InChI=1S/C20H16Cl2N2O3S/c21-18-11-16(13-23-24-28(25,26)17-9-5-2-6-10-17)12-19(22)20(18)27-14-15-7-3-1-4-8-15/h1-13,24H,14H2/b23-13-. The molecule has 0 amide bonds. The molecule has 0 saturated carbocycles. The third kappa shape index (κ3) is 5.25. The van der Waals surface area contributed by atoms with Gasteiger partial charge < -0.3 is 4.74 Å². The van der Waals surface area contributed by atoms with Crippen LogP contribution in [0, 0.1) is 0 Å². The summed E-state index contributed by atoms with van der Waals surface area (Å²) in [6.45, 7) is 0.324. The van der Waals surface area contributed by atoms with Gasteiger partial charge in [-0.15, -0.1) is 0 Å². The number of benzene rings is 3. The van der Waals surface area contributed by atoms with Crippen molar-refractivity contribution in [2.24, 2.45) is 5.10 Å². The largest absolute Gasteiger partial charge is 0.486 e. The average Bonchev–Trinajstić information content (AvgIpc) is 2.69. The van der Waals surface area contributed by atoms with Gasteiger partial charge in [-0.25, -0.2) is 4.83 Å². The summed E-state index contributed by atoms with van der Waals surface area (Å²) in [6, 6.07) is 20.7. The molecule has 3 aromatic rings. The van der Waals surface area contributed by atoms with Crippen LogP contribution in [0.25, 0.3) is 0 Å². The van der Waals surface area contributed by atoms with E-state index in [1.807, 2.05) is 30.3 Å². The predicted molar refractivity (Wildman–Crippen MR) is 112 cm³/mol. The lowest BCUT2D eigenvalue weighted by atomic mass is 10.2. The quantitative estimate of drug-likeness (QED) is 0.425. The number of hydrogen-bond acceptors (Lipinski definition) is 4. The summed E-state index contributed by atoms with van der Waals surface area (Å²) in [5, 5.41) is 4.38. The minimum Gasteiger partial charge on any atom is -0.486 e. The van der Waals surface area contributed by atoms with Crippen molar-refractivity contribution in [2.45, 2.75) is 11.5 Å². The first-order valence-corrected chi connectivity index (χ1v) is 10.5. The van der Waals surface area contributed by atoms with E-state index in [4.69, 9.17) is 27.9 Å². The van der Waals surface area contributed by atoms with Crippen molar-refractivity contribution in [3.8, 4) is 5.75 Å². The summed E-state index contributed by atoms with van der Waals surface area (Å²) in [4.78, 5) is 2.27. The predicted octanol–water partition coefficient (Wildman–Crippen LogP) is 4.88. The van der Waals surface area contributed by atoms with E-state index in [0.29, 0.717) is 28.0 Å². The van der Waals surface area contributed by atoms with E-state index >= 15 is 0 Å². The van der Waals surface area contributed by atoms with Gasteiger partial charge in [0.15, 0.2) is 5.75 Å². The topological polar surface area (TPSA) is 67.8 Å². The summed E-state index contributed by atoms with van der Waals surface area (Å²) >= 11 is 12.5. The minimum atomic E-state index is -3.74. The van der Waals surface area contributed by atoms with Crippen molar-refractivity contribution in [1.82, 2.24) is 4.83 Å². The fourth-order valence-electron chi connectivity index (χ4n) is 2.34. The van der Waals surface area contributed by atoms with Crippen LogP contribution in [0.3, 0.4) is 0 Å². The number of halogens is 2. The van der Waals surface area contributed by atoms with Crippen molar-refractivity contribution in [3.05, 3.63) is 94.0 Å². The molecule has 28 heavy (non-hydrogen) atoms. The number of sulfonamides is 1. The van der Waals surface area contributed by atoms with E-state index in [1.165, 1.54) is 18.3 Å². The number of hydrazone groups is 1. The van der Waals surface area contributed by atoms with Gasteiger partial charge in [-0.05, 0) is 35.4 Å². The molecule has 0 spiro atoms. The van der Waals surface area contributed by atoms with E-state index < -0.39 is 10.0 Å². The van der Waals surface area contributed by atoms with Crippen LogP contribution in [0.5, 0.6) is 5.75 Å². The molecule has 0 fully saturated rings. The lowest BCUT2D eigenvalue weighted by Gasteiger charge is -2.11. The Balaban J connectivity index is 1.69. The summed E-state index contributed by atoms with van der Waals surface area (Å²) in [6.07, 6.45) is 1.32. The maximum atomic E-state index is 12.1. The van der Waals surface area contributed by atoms with Crippen LogP contribution < -0.4 is 9.57 Å². The Hall–Kier alpha value is -2.54. The highest BCUT2D eigenvalue weighted by Crippen LogP contribution is 2.34. The maximum Gasteiger partial charge on any atom is 0.276 e. The average molecular weight is 435 g/mol. The molecule has 0 bridgehead atoms. The molecule has 0 aliphatic carbocycles. The van der Waals surface area contributed by atoms with Crippen molar-refractivity contribution < 1.29 is 13.2 Å². The molecule has 0 aliphatic heterocycles. The fraction of sp³-hybridized carbons (Fsp3) is 0.0500. The van der Waals surface area contributed by atoms with Crippen molar-refractivity contribution in [1.29, 1.82) is 0 Å². The second kappa shape index (κ2) is 9.10. The van der Waals surface area contributed by atoms with Gasteiger partial charge in [0.2, 0.25) is 0 Å². The van der Waals surface area contributed by atoms with Crippen LogP contribution in [-0.2, 0) is 16.6 Å². The van der Waals surface area contributed by atoms with Crippen molar-refractivity contribution >= 4 is 39.4 Å². The molecule has 0 aliphatic rings. The Morgan fingerprint density at radius 1 is 0.929 bits per heavy atom. The lowest BCUT2D eigenvalue weighted by molar-refractivity contribution is 0.306. The molecule has 3 rings (SSSR count). The molecule has 0 aromatic heterocycles. The number of nitrogens with one attached hydrogen (secondary N) is 1. The molecule has 0 saturated heterocycles. The first kappa shape index (κ1) is 20.2. The van der Waals surface area contributed by atoms with Gasteiger partial charge in [0.05, 0.1) is 21.2 Å². The molecular formula is C20H16Cl2N2O3S. The van der Waals surface area contributed by atoms with Crippen LogP contribution in [0.15, 0.2) is 82.8 Å². The third-order valence-corrected chi connectivity index (χ3v) is 5.49. The normalized spacial score (nSPS) is 11.5. The monoisotopic (exact) mass is 434 g/mol. The molecule has 3 aromatic carbocycles. The number of nitrogens with zero attached hydrogens (tertiary/aromatic N) is 1. The highest BCUT2D eigenvalue weighted by Gasteiger charge is 2.12. The maximum absolute atomic E-state index is 12.1. The van der Waals surface area contributed by atoms with E-state index in [9.17, 15) is 8.42 Å². The molecule has 5 nitrogen and oxygen atoms in total. The Morgan fingerprint density at radius 3 is 2.11 bits per heavy atom. The van der Waals surface area contributed by atoms with Crippen molar-refractivity contribution in [3.63, 3.8) is 0 Å². The lowest BCUT2D eigenvalue weighted by Crippen LogP contribution is -2.18. The number of rotatable bonds is 7.